The Morgan fingerprint density at radius 2 is 1.61 bits per heavy atom. The van der Waals surface area contributed by atoms with E-state index in [1.54, 1.807) is 0 Å². The normalized spacial score (nSPS) is 46.4. The number of nitrogens with zero attached hydrogens (tertiary/aromatic N) is 1. The third-order valence-corrected chi connectivity index (χ3v) is 14.8. The molecule has 10 atom stereocenters. The first-order valence-corrected chi connectivity index (χ1v) is 16.7. The number of carbonyl (C=O) groups excluding carboxylic acids is 1. The quantitative estimate of drug-likeness (QED) is 0.223. The molecule has 1 aromatic heterocycles. The van der Waals surface area contributed by atoms with Crippen molar-refractivity contribution in [3.63, 3.8) is 0 Å². The van der Waals surface area contributed by atoms with Gasteiger partial charge in [-0.3, -0.25) is 0 Å². The summed E-state index contributed by atoms with van der Waals surface area (Å²) in [5, 5.41) is 12.9. The lowest BCUT2D eigenvalue weighted by Crippen LogP contribution is -2.67. The van der Waals surface area contributed by atoms with E-state index in [2.05, 4.69) is 48.1 Å². The molecule has 0 bridgehead atoms. The Kier molecular flexibility index (Phi) is 7.12. The van der Waals surface area contributed by atoms with E-state index in [9.17, 15) is 9.90 Å². The third-order valence-electron chi connectivity index (χ3n) is 14.8. The van der Waals surface area contributed by atoms with Gasteiger partial charge in [0.2, 0.25) is 6.54 Å². The summed E-state index contributed by atoms with van der Waals surface area (Å²) in [6.07, 6.45) is 15.6. The Morgan fingerprint density at radius 1 is 0.878 bits per heavy atom. The molecule has 1 heterocycles. The summed E-state index contributed by atoms with van der Waals surface area (Å²) in [5.41, 5.74) is 2.06. The second-order valence-corrected chi connectivity index (χ2v) is 16.6. The Hall–Kier alpha value is -1.68. The predicted molar refractivity (Wildman–Crippen MR) is 160 cm³/mol. The Labute approximate surface area is 249 Å². The zero-order valence-corrected chi connectivity index (χ0v) is 26.7. The third kappa shape index (κ3) is 4.15. The van der Waals surface area contributed by atoms with Crippen molar-refractivity contribution in [2.75, 3.05) is 6.61 Å². The van der Waals surface area contributed by atoms with Crippen molar-refractivity contribution in [1.82, 2.24) is 0 Å². The van der Waals surface area contributed by atoms with Gasteiger partial charge in [0.1, 0.15) is 6.10 Å². The number of fused-ring (bicyclic) bond motifs is 7. The average molecular weight is 562 g/mol. The number of esters is 1. The molecule has 1 aromatic rings. The van der Waals surface area contributed by atoms with Crippen LogP contribution in [0.3, 0.4) is 0 Å². The van der Waals surface area contributed by atoms with Gasteiger partial charge in [-0.1, -0.05) is 52.8 Å². The molecule has 6 rings (SSSR count). The van der Waals surface area contributed by atoms with Crippen LogP contribution in [0.5, 0.6) is 0 Å². The molecule has 5 aliphatic carbocycles. The van der Waals surface area contributed by atoms with Crippen LogP contribution < -0.4 is 9.67 Å². The van der Waals surface area contributed by atoms with Crippen LogP contribution in [0.15, 0.2) is 42.7 Å². The summed E-state index contributed by atoms with van der Waals surface area (Å²) in [7, 11) is 0. The van der Waals surface area contributed by atoms with Crippen molar-refractivity contribution < 1.29 is 19.2 Å². The number of pyridine rings is 1. The molecule has 226 valence electrons. The summed E-state index contributed by atoms with van der Waals surface area (Å²) in [4.78, 5) is 13.0. The van der Waals surface area contributed by atoms with Gasteiger partial charge >= 0.3 is 5.97 Å². The predicted octanol–water partition coefficient (Wildman–Crippen LogP) is 6.90. The van der Waals surface area contributed by atoms with Gasteiger partial charge in [0.05, 0.1) is 0 Å². The molecular weight excluding hydrogens is 506 g/mol. The molecule has 5 fully saturated rings. The Morgan fingerprint density at radius 3 is 2.29 bits per heavy atom. The second-order valence-electron chi connectivity index (χ2n) is 16.6. The van der Waals surface area contributed by atoms with Crippen molar-refractivity contribution in [3.8, 4) is 0 Å². The summed E-state index contributed by atoms with van der Waals surface area (Å²) < 4.78 is 8.18. The lowest BCUT2D eigenvalue weighted by molar-refractivity contribution is -0.686. The smallest absolute Gasteiger partial charge is 0.372 e. The van der Waals surface area contributed by atoms with Gasteiger partial charge in [-0.05, 0) is 122 Å². The molecule has 0 amide bonds. The molecule has 0 saturated heterocycles. The Bertz CT molecular complexity index is 1180. The van der Waals surface area contributed by atoms with Crippen LogP contribution in [0.4, 0.5) is 0 Å². The first-order chi connectivity index (χ1) is 19.3. The van der Waals surface area contributed by atoms with Crippen molar-refractivity contribution >= 4 is 5.97 Å². The van der Waals surface area contributed by atoms with Crippen molar-refractivity contribution in [1.29, 1.82) is 0 Å². The zero-order chi connectivity index (χ0) is 29.4. The highest BCUT2D eigenvalue weighted by molar-refractivity contribution is 5.68. The average Bonchev–Trinajstić information content (AvgIpc) is 3.32. The SMILES string of the molecule is C=C(C)[C@@H]1CC[C@]2(C[O-])CC[C@]3(C)C(CCC4[C@@]5(C)CC[C@H](OC(=O)C[n+]6ccccc6)C(C)(C)C5CC[C@]43C)C12. The maximum absolute atomic E-state index is 13.0. The molecule has 4 heteroatoms. The minimum atomic E-state index is -0.121. The van der Waals surface area contributed by atoms with E-state index in [1.807, 2.05) is 35.2 Å². The number of carbonyl (C=O) groups is 1. The van der Waals surface area contributed by atoms with Crippen molar-refractivity contribution in [2.45, 2.75) is 118 Å². The molecule has 41 heavy (non-hydrogen) atoms. The van der Waals surface area contributed by atoms with Gasteiger partial charge in [0.25, 0.3) is 0 Å². The second kappa shape index (κ2) is 9.93. The van der Waals surface area contributed by atoms with Gasteiger partial charge in [0, 0.05) is 17.5 Å². The van der Waals surface area contributed by atoms with Crippen LogP contribution in [0, 0.1) is 56.7 Å². The molecule has 0 aliphatic heterocycles. The highest BCUT2D eigenvalue weighted by atomic mass is 16.5. The van der Waals surface area contributed by atoms with Crippen LogP contribution in [0.2, 0.25) is 0 Å². The molecule has 5 saturated carbocycles. The minimum absolute atomic E-state index is 0.0000563. The van der Waals surface area contributed by atoms with E-state index >= 15 is 0 Å². The molecular formula is C37H55NO3. The molecule has 4 nitrogen and oxygen atoms in total. The number of aromatic nitrogens is 1. The van der Waals surface area contributed by atoms with Gasteiger partial charge in [-0.25, -0.2) is 4.79 Å². The molecule has 4 unspecified atom stereocenters. The summed E-state index contributed by atoms with van der Waals surface area (Å²) in [6.45, 7) is 19.7. The highest BCUT2D eigenvalue weighted by Crippen LogP contribution is 2.77. The summed E-state index contributed by atoms with van der Waals surface area (Å²) in [5.74, 6) is 2.78. The van der Waals surface area contributed by atoms with E-state index in [0.29, 0.717) is 29.6 Å². The summed E-state index contributed by atoms with van der Waals surface area (Å²) >= 11 is 0. The van der Waals surface area contributed by atoms with E-state index in [0.717, 1.165) is 25.7 Å². The van der Waals surface area contributed by atoms with Gasteiger partial charge < -0.3 is 9.84 Å². The van der Waals surface area contributed by atoms with Gasteiger partial charge in [0.15, 0.2) is 12.4 Å². The lowest BCUT2D eigenvalue weighted by Gasteiger charge is -2.73. The fraction of sp³-hybridized carbons (Fsp3) is 0.784. The van der Waals surface area contributed by atoms with Crippen molar-refractivity contribution in [3.05, 3.63) is 42.7 Å². The maximum Gasteiger partial charge on any atom is 0.372 e. The fourth-order valence-electron chi connectivity index (χ4n) is 12.6. The van der Waals surface area contributed by atoms with E-state index < -0.39 is 0 Å². The Balaban J connectivity index is 1.25. The van der Waals surface area contributed by atoms with Crippen LogP contribution in [-0.4, -0.2) is 18.7 Å². The van der Waals surface area contributed by atoms with Gasteiger partial charge in [-0.2, -0.15) is 4.57 Å². The van der Waals surface area contributed by atoms with Crippen LogP contribution in [0.25, 0.3) is 0 Å². The van der Waals surface area contributed by atoms with E-state index in [1.165, 1.54) is 44.1 Å². The lowest BCUT2D eigenvalue weighted by atomic mass is 9.32. The molecule has 0 spiro atoms. The number of ether oxygens (including phenoxy) is 1. The summed E-state index contributed by atoms with van der Waals surface area (Å²) in [6, 6.07) is 5.88. The van der Waals surface area contributed by atoms with Crippen molar-refractivity contribution in [2.24, 2.45) is 56.7 Å². The number of allylic oxidation sites excluding steroid dienone is 1. The largest absolute Gasteiger partial charge is 0.854 e. The van der Waals surface area contributed by atoms with Crippen LogP contribution in [0.1, 0.15) is 106 Å². The van der Waals surface area contributed by atoms with Crippen LogP contribution in [-0.2, 0) is 16.1 Å². The minimum Gasteiger partial charge on any atom is -0.854 e. The molecule has 0 aromatic carbocycles. The van der Waals surface area contributed by atoms with Gasteiger partial charge in [-0.15, -0.1) is 6.61 Å². The maximum atomic E-state index is 13.0. The van der Waals surface area contributed by atoms with Crippen LogP contribution >= 0.6 is 0 Å². The molecule has 0 radical (unpaired) electrons. The number of rotatable bonds is 5. The monoisotopic (exact) mass is 561 g/mol. The zero-order valence-electron chi connectivity index (χ0n) is 26.7. The molecule has 0 N–H and O–H groups in total. The number of hydrogen-bond acceptors (Lipinski definition) is 3. The first kappa shape index (κ1) is 29.4. The topological polar surface area (TPSA) is 53.2 Å². The van der Waals surface area contributed by atoms with E-state index in [-0.39, 0.29) is 52.3 Å². The fourth-order valence-corrected chi connectivity index (χ4v) is 12.6. The first-order valence-electron chi connectivity index (χ1n) is 16.7. The van der Waals surface area contributed by atoms with E-state index in [4.69, 9.17) is 4.74 Å². The highest BCUT2D eigenvalue weighted by Gasteiger charge is 2.70. The number of hydrogen-bond donors (Lipinski definition) is 0. The molecule has 5 aliphatic rings. The standard InChI is InChI=1S/C37H55NO3/c1-25(2)26-13-18-37(24-39)20-19-35(6)27(32(26)37)11-12-29-34(5)16-15-30(33(3,4)28(34)14-17-36(29,35)7)41-31(40)23-38-21-9-8-10-22-38/h8-10,21-22,26-30,32H,1,11-20,23-24H2,2-7H3/t26-,27?,28?,29?,30-,32?,34-,35+,36+,37+/m0/s1.